The Balaban J connectivity index is 1.91. The Bertz CT molecular complexity index is 805. The molecule has 0 radical (unpaired) electrons. The van der Waals surface area contributed by atoms with Crippen molar-refractivity contribution in [2.75, 3.05) is 5.75 Å². The highest BCUT2D eigenvalue weighted by Crippen LogP contribution is 2.34. The van der Waals surface area contributed by atoms with E-state index >= 15 is 0 Å². The summed E-state index contributed by atoms with van der Waals surface area (Å²) in [6.45, 7) is 2.63. The molecule has 0 aliphatic carbocycles. The minimum absolute atomic E-state index is 0.00254. The van der Waals surface area contributed by atoms with Crippen molar-refractivity contribution in [2.45, 2.75) is 41.6 Å². The highest BCUT2D eigenvalue weighted by atomic mass is 32.2. The number of benzene rings is 1. The SMILES string of the molecule is C[C@H]1Cc2nc(SCC(N)=O)n(CCc3ccccc3)c(=O)c2S1. The Morgan fingerprint density at radius 3 is 2.88 bits per heavy atom. The number of fused-ring (bicyclic) bond motifs is 1. The molecule has 1 aromatic heterocycles. The van der Waals surface area contributed by atoms with Gasteiger partial charge in [0.25, 0.3) is 5.56 Å². The molecule has 0 fully saturated rings. The van der Waals surface area contributed by atoms with Gasteiger partial charge in [0.05, 0.1) is 16.3 Å². The van der Waals surface area contributed by atoms with Crippen molar-refractivity contribution in [3.63, 3.8) is 0 Å². The summed E-state index contributed by atoms with van der Waals surface area (Å²) in [4.78, 5) is 29.4. The van der Waals surface area contributed by atoms with Crippen LogP contribution in [0.15, 0.2) is 45.2 Å². The Morgan fingerprint density at radius 1 is 1.42 bits per heavy atom. The van der Waals surface area contributed by atoms with Gasteiger partial charge in [-0.3, -0.25) is 14.2 Å². The molecule has 0 saturated heterocycles. The van der Waals surface area contributed by atoms with Crippen molar-refractivity contribution in [1.29, 1.82) is 0 Å². The maximum atomic E-state index is 12.9. The first-order chi connectivity index (χ1) is 11.5. The molecule has 1 aliphatic rings. The van der Waals surface area contributed by atoms with Crippen LogP contribution in [0.25, 0.3) is 0 Å². The van der Waals surface area contributed by atoms with E-state index in [0.29, 0.717) is 17.0 Å². The topological polar surface area (TPSA) is 78.0 Å². The number of rotatable bonds is 6. The van der Waals surface area contributed by atoms with Gasteiger partial charge in [0.15, 0.2) is 5.16 Å². The molecular formula is C17H19N3O2S2. The van der Waals surface area contributed by atoms with Crippen LogP contribution < -0.4 is 11.3 Å². The third-order valence-corrected chi connectivity index (χ3v) is 5.99. The van der Waals surface area contributed by atoms with Gasteiger partial charge in [0, 0.05) is 18.2 Å². The predicted octanol–water partition coefficient (Wildman–Crippen LogP) is 2.10. The number of hydrogen-bond donors (Lipinski definition) is 1. The number of hydrogen-bond acceptors (Lipinski definition) is 5. The second kappa shape index (κ2) is 7.44. The van der Waals surface area contributed by atoms with Crippen LogP contribution in [0.4, 0.5) is 0 Å². The van der Waals surface area contributed by atoms with Gasteiger partial charge in [-0.25, -0.2) is 4.98 Å². The zero-order valence-corrected chi connectivity index (χ0v) is 15.0. The lowest BCUT2D eigenvalue weighted by Crippen LogP contribution is -2.27. The largest absolute Gasteiger partial charge is 0.369 e. The van der Waals surface area contributed by atoms with Crippen molar-refractivity contribution < 1.29 is 4.79 Å². The fourth-order valence-electron chi connectivity index (χ4n) is 2.66. The molecular weight excluding hydrogens is 342 g/mol. The number of carbonyl (C=O) groups excluding carboxylic acids is 1. The van der Waals surface area contributed by atoms with Gasteiger partial charge in [-0.05, 0) is 12.0 Å². The van der Waals surface area contributed by atoms with E-state index < -0.39 is 5.91 Å². The predicted molar refractivity (Wildman–Crippen MR) is 97.6 cm³/mol. The lowest BCUT2D eigenvalue weighted by atomic mass is 10.1. The van der Waals surface area contributed by atoms with E-state index in [4.69, 9.17) is 5.73 Å². The molecule has 2 heterocycles. The van der Waals surface area contributed by atoms with E-state index in [1.165, 1.54) is 11.8 Å². The summed E-state index contributed by atoms with van der Waals surface area (Å²) in [5.41, 5.74) is 7.26. The Hall–Kier alpha value is -1.73. The van der Waals surface area contributed by atoms with Crippen LogP contribution in [0.1, 0.15) is 18.2 Å². The summed E-state index contributed by atoms with van der Waals surface area (Å²) in [7, 11) is 0. The van der Waals surface area contributed by atoms with Crippen molar-refractivity contribution >= 4 is 29.4 Å². The average Bonchev–Trinajstić information content (AvgIpc) is 2.94. The molecule has 126 valence electrons. The number of aryl methyl sites for hydroxylation is 1. The molecule has 1 amide bonds. The number of thioether (sulfide) groups is 2. The fraction of sp³-hybridized carbons (Fsp3) is 0.353. The minimum Gasteiger partial charge on any atom is -0.369 e. The number of nitrogens with zero attached hydrogens (tertiary/aromatic N) is 2. The number of aromatic nitrogens is 2. The normalized spacial score (nSPS) is 16.1. The third-order valence-electron chi connectivity index (χ3n) is 3.77. The quantitative estimate of drug-likeness (QED) is 0.630. The number of nitrogens with two attached hydrogens (primary N) is 1. The maximum Gasteiger partial charge on any atom is 0.268 e. The van der Waals surface area contributed by atoms with Crippen molar-refractivity contribution in [2.24, 2.45) is 5.73 Å². The highest BCUT2D eigenvalue weighted by molar-refractivity contribution is 8.00. The first-order valence-corrected chi connectivity index (χ1v) is 9.66. The van der Waals surface area contributed by atoms with E-state index in [-0.39, 0.29) is 11.3 Å². The smallest absolute Gasteiger partial charge is 0.268 e. The first kappa shape index (κ1) is 17.1. The van der Waals surface area contributed by atoms with Crippen LogP contribution in [0.3, 0.4) is 0 Å². The standard InChI is InChI=1S/C17H19N3O2S2/c1-11-9-13-15(24-11)16(22)20(17(19-13)23-10-14(18)21)8-7-12-5-3-2-4-6-12/h2-6,11H,7-10H2,1H3,(H2,18,21)/t11-/m0/s1. The summed E-state index contributed by atoms with van der Waals surface area (Å²) in [6, 6.07) is 10.0. The maximum absolute atomic E-state index is 12.9. The molecule has 2 aromatic rings. The van der Waals surface area contributed by atoms with Crippen LogP contribution in [0.2, 0.25) is 0 Å². The molecule has 1 atom stereocenters. The van der Waals surface area contributed by atoms with Gasteiger partial charge in [-0.1, -0.05) is 49.0 Å². The summed E-state index contributed by atoms with van der Waals surface area (Å²) in [5, 5.41) is 0.947. The molecule has 5 nitrogen and oxygen atoms in total. The fourth-order valence-corrected chi connectivity index (χ4v) is 4.56. The average molecular weight is 361 g/mol. The van der Waals surface area contributed by atoms with Gasteiger partial charge in [0.2, 0.25) is 5.91 Å². The summed E-state index contributed by atoms with van der Waals surface area (Å²) in [6.07, 6.45) is 1.53. The summed E-state index contributed by atoms with van der Waals surface area (Å²) < 4.78 is 1.68. The van der Waals surface area contributed by atoms with Gasteiger partial charge < -0.3 is 5.73 Å². The number of primary amides is 1. The molecule has 0 saturated carbocycles. The molecule has 7 heteroatoms. The zero-order valence-electron chi connectivity index (χ0n) is 13.4. The van der Waals surface area contributed by atoms with Gasteiger partial charge in [-0.15, -0.1) is 11.8 Å². The van der Waals surface area contributed by atoms with E-state index in [0.717, 1.165) is 29.0 Å². The Kier molecular flexibility index (Phi) is 5.30. The second-order valence-corrected chi connectivity index (χ2v) is 8.14. The van der Waals surface area contributed by atoms with Crippen LogP contribution >= 0.6 is 23.5 Å². The van der Waals surface area contributed by atoms with Crippen LogP contribution in [0.5, 0.6) is 0 Å². The summed E-state index contributed by atoms with van der Waals surface area (Å²) >= 11 is 2.83. The third kappa shape index (κ3) is 3.84. The van der Waals surface area contributed by atoms with Crippen molar-refractivity contribution in [3.8, 4) is 0 Å². The highest BCUT2D eigenvalue weighted by Gasteiger charge is 2.26. The van der Waals surface area contributed by atoms with E-state index in [9.17, 15) is 9.59 Å². The van der Waals surface area contributed by atoms with E-state index in [1.54, 1.807) is 16.3 Å². The molecule has 2 N–H and O–H groups in total. The van der Waals surface area contributed by atoms with Crippen molar-refractivity contribution in [3.05, 3.63) is 51.9 Å². The molecule has 0 spiro atoms. The minimum atomic E-state index is -0.410. The lowest BCUT2D eigenvalue weighted by Gasteiger charge is -2.13. The number of carbonyl (C=O) groups is 1. The molecule has 1 aliphatic heterocycles. The monoisotopic (exact) mass is 361 g/mol. The number of amides is 1. The van der Waals surface area contributed by atoms with E-state index in [1.807, 2.05) is 30.3 Å². The Labute approximate surface area is 149 Å². The van der Waals surface area contributed by atoms with E-state index in [2.05, 4.69) is 11.9 Å². The van der Waals surface area contributed by atoms with Crippen LogP contribution in [-0.2, 0) is 24.2 Å². The Morgan fingerprint density at radius 2 is 2.17 bits per heavy atom. The van der Waals surface area contributed by atoms with Gasteiger partial charge in [0.1, 0.15) is 0 Å². The molecule has 3 rings (SSSR count). The molecule has 0 bridgehead atoms. The van der Waals surface area contributed by atoms with Gasteiger partial charge in [-0.2, -0.15) is 0 Å². The first-order valence-electron chi connectivity index (χ1n) is 7.80. The molecule has 0 unspecified atom stereocenters. The lowest BCUT2D eigenvalue weighted by molar-refractivity contribution is -0.115. The van der Waals surface area contributed by atoms with Crippen LogP contribution in [0, 0.1) is 0 Å². The summed E-state index contributed by atoms with van der Waals surface area (Å²) in [5.74, 6) is -0.286. The molecule has 24 heavy (non-hydrogen) atoms. The second-order valence-electron chi connectivity index (χ2n) is 5.75. The van der Waals surface area contributed by atoms with Gasteiger partial charge >= 0.3 is 0 Å². The van der Waals surface area contributed by atoms with Crippen molar-refractivity contribution in [1.82, 2.24) is 9.55 Å². The van der Waals surface area contributed by atoms with Crippen LogP contribution in [-0.4, -0.2) is 26.5 Å². The zero-order chi connectivity index (χ0) is 17.1. The molecule has 1 aromatic carbocycles.